The maximum Gasteiger partial charge on any atom is 0.223 e. The third-order valence-electron chi connectivity index (χ3n) is 4.66. The molecule has 0 bridgehead atoms. The van der Waals surface area contributed by atoms with Gasteiger partial charge in [-0.25, -0.2) is 0 Å². The van der Waals surface area contributed by atoms with E-state index in [4.69, 9.17) is 15.0 Å². The van der Waals surface area contributed by atoms with E-state index in [1.807, 2.05) is 12.1 Å². The minimum Gasteiger partial charge on any atom is -0.485 e. The van der Waals surface area contributed by atoms with Gasteiger partial charge in [0.25, 0.3) is 0 Å². The van der Waals surface area contributed by atoms with Crippen LogP contribution in [0.5, 0.6) is 5.75 Å². The molecule has 2 N–H and O–H groups in total. The van der Waals surface area contributed by atoms with Crippen molar-refractivity contribution in [1.82, 2.24) is 15.0 Å². The van der Waals surface area contributed by atoms with Crippen LogP contribution in [0.2, 0.25) is 0 Å². The van der Waals surface area contributed by atoms with Crippen molar-refractivity contribution >= 4 is 0 Å². The molecule has 3 rings (SSSR count). The molecule has 130 valence electrons. The Morgan fingerprint density at radius 1 is 1.33 bits per heavy atom. The first-order chi connectivity index (χ1) is 11.4. The van der Waals surface area contributed by atoms with E-state index in [0.717, 1.165) is 31.8 Å². The Hall–Kier alpha value is -1.92. The highest BCUT2D eigenvalue weighted by Gasteiger charge is 2.33. The summed E-state index contributed by atoms with van der Waals surface area (Å²) in [5, 5.41) is 3.82. The number of rotatable bonds is 5. The summed E-state index contributed by atoms with van der Waals surface area (Å²) in [5.74, 6) is 1.92. The third-order valence-corrected chi connectivity index (χ3v) is 4.66. The molecule has 2 heterocycles. The predicted molar refractivity (Wildman–Crippen MR) is 91.5 cm³/mol. The monoisotopic (exact) mass is 330 g/mol. The summed E-state index contributed by atoms with van der Waals surface area (Å²) in [6.45, 7) is 9.61. The maximum absolute atomic E-state index is 6.21. The van der Waals surface area contributed by atoms with E-state index < -0.39 is 0 Å². The van der Waals surface area contributed by atoms with Crippen molar-refractivity contribution in [3.63, 3.8) is 0 Å². The molecule has 1 aliphatic heterocycles. The molecule has 1 atom stereocenters. The average molecular weight is 330 g/mol. The number of nitrogens with two attached hydrogens (primary N) is 1. The third kappa shape index (κ3) is 4.13. The van der Waals surface area contributed by atoms with Crippen LogP contribution in [0.3, 0.4) is 0 Å². The Kier molecular flexibility index (Phi) is 4.87. The Morgan fingerprint density at radius 3 is 2.71 bits per heavy atom. The first kappa shape index (κ1) is 16.9. The van der Waals surface area contributed by atoms with Crippen LogP contribution in [-0.4, -0.2) is 34.2 Å². The van der Waals surface area contributed by atoms with E-state index >= 15 is 0 Å². The zero-order valence-corrected chi connectivity index (χ0v) is 14.7. The van der Waals surface area contributed by atoms with Crippen LogP contribution in [0, 0.1) is 12.3 Å². The van der Waals surface area contributed by atoms with Crippen LogP contribution in [-0.2, 0) is 13.2 Å². The van der Waals surface area contributed by atoms with Crippen LogP contribution in [0.25, 0.3) is 0 Å². The average Bonchev–Trinajstić information content (AvgIpc) is 2.96. The first-order valence-electron chi connectivity index (χ1n) is 8.41. The van der Waals surface area contributed by atoms with Gasteiger partial charge in [-0.1, -0.05) is 31.1 Å². The van der Waals surface area contributed by atoms with Crippen molar-refractivity contribution < 1.29 is 9.26 Å². The molecule has 2 aromatic rings. The van der Waals surface area contributed by atoms with Crippen molar-refractivity contribution in [2.45, 2.75) is 46.4 Å². The minimum atomic E-state index is 0.171. The van der Waals surface area contributed by atoms with E-state index in [0.29, 0.717) is 24.4 Å². The highest BCUT2D eigenvalue weighted by atomic mass is 16.5. The molecule has 24 heavy (non-hydrogen) atoms. The van der Waals surface area contributed by atoms with Gasteiger partial charge in [-0.3, -0.25) is 4.90 Å². The fourth-order valence-electron chi connectivity index (χ4n) is 3.12. The van der Waals surface area contributed by atoms with Gasteiger partial charge in [0.05, 0.1) is 0 Å². The summed E-state index contributed by atoms with van der Waals surface area (Å²) >= 11 is 0. The van der Waals surface area contributed by atoms with E-state index in [9.17, 15) is 0 Å². The van der Waals surface area contributed by atoms with Gasteiger partial charge in [-0.05, 0) is 29.5 Å². The Morgan fingerprint density at radius 2 is 2.08 bits per heavy atom. The van der Waals surface area contributed by atoms with Crippen molar-refractivity contribution in [2.24, 2.45) is 11.1 Å². The molecule has 1 fully saturated rings. The zero-order chi connectivity index (χ0) is 17.2. The summed E-state index contributed by atoms with van der Waals surface area (Å²) < 4.78 is 10.6. The summed E-state index contributed by atoms with van der Waals surface area (Å²) in [6, 6.07) is 8.49. The minimum absolute atomic E-state index is 0.171. The molecule has 1 aliphatic rings. The lowest BCUT2D eigenvalue weighted by Gasteiger charge is -2.42. The van der Waals surface area contributed by atoms with Crippen LogP contribution < -0.4 is 10.5 Å². The van der Waals surface area contributed by atoms with Gasteiger partial charge in [0.2, 0.25) is 11.7 Å². The molecular weight excluding hydrogens is 304 g/mol. The number of hydrogen-bond donors (Lipinski definition) is 1. The second kappa shape index (κ2) is 6.91. The molecule has 1 aromatic carbocycles. The Bertz CT molecular complexity index is 666. The predicted octanol–water partition coefficient (Wildman–Crippen LogP) is 2.52. The fraction of sp³-hybridized carbons (Fsp3) is 0.556. The quantitative estimate of drug-likeness (QED) is 0.907. The number of aromatic nitrogens is 2. The Labute approximate surface area is 143 Å². The van der Waals surface area contributed by atoms with Crippen LogP contribution >= 0.6 is 0 Å². The smallest absolute Gasteiger partial charge is 0.223 e. The molecule has 6 heteroatoms. The number of nitrogens with zero attached hydrogens (tertiary/aromatic N) is 3. The van der Waals surface area contributed by atoms with Crippen molar-refractivity contribution in [3.8, 4) is 5.75 Å². The largest absolute Gasteiger partial charge is 0.485 e. The van der Waals surface area contributed by atoms with Gasteiger partial charge in [-0.15, -0.1) is 0 Å². The van der Waals surface area contributed by atoms with Gasteiger partial charge >= 0.3 is 0 Å². The molecule has 0 aliphatic carbocycles. The lowest BCUT2D eigenvalue weighted by atomic mass is 9.79. The zero-order valence-electron chi connectivity index (χ0n) is 14.7. The fourth-order valence-corrected chi connectivity index (χ4v) is 3.12. The van der Waals surface area contributed by atoms with Gasteiger partial charge in [0, 0.05) is 32.6 Å². The normalized spacial score (nSPS) is 20.9. The van der Waals surface area contributed by atoms with Crippen molar-refractivity contribution in [3.05, 3.63) is 41.5 Å². The number of aryl methyl sites for hydroxylation is 1. The second-order valence-electron chi connectivity index (χ2n) is 7.26. The summed E-state index contributed by atoms with van der Waals surface area (Å²) in [6.07, 6.45) is 1.05. The molecule has 1 aromatic heterocycles. The molecule has 0 saturated carbocycles. The number of benzene rings is 1. The standard InChI is InChI=1S/C18H26N4O2/c1-13-20-17(21-24-13)11-23-15-6-4-14(5-7-15)10-22-9-8-16(19)18(2,3)12-22/h4-7,16H,8-12,19H2,1-3H3. The topological polar surface area (TPSA) is 77.4 Å². The number of ether oxygens (including phenoxy) is 1. The number of likely N-dealkylation sites (tertiary alicyclic amines) is 1. The van der Waals surface area contributed by atoms with Crippen molar-refractivity contribution in [2.75, 3.05) is 13.1 Å². The maximum atomic E-state index is 6.21. The van der Waals surface area contributed by atoms with E-state index in [2.05, 4.69) is 41.0 Å². The van der Waals surface area contributed by atoms with Crippen LogP contribution in [0.15, 0.2) is 28.8 Å². The second-order valence-corrected chi connectivity index (χ2v) is 7.26. The van der Waals surface area contributed by atoms with E-state index in [1.54, 1.807) is 6.92 Å². The number of piperidine rings is 1. The molecule has 6 nitrogen and oxygen atoms in total. The molecule has 0 amide bonds. The van der Waals surface area contributed by atoms with Gasteiger partial charge in [0.15, 0.2) is 6.61 Å². The SMILES string of the molecule is Cc1nc(COc2ccc(CN3CCC(N)C(C)(C)C3)cc2)no1. The van der Waals surface area contributed by atoms with E-state index in [1.165, 1.54) is 5.56 Å². The molecule has 0 spiro atoms. The van der Waals surface area contributed by atoms with Crippen LogP contribution in [0.1, 0.15) is 37.5 Å². The lowest BCUT2D eigenvalue weighted by molar-refractivity contribution is 0.0898. The first-order valence-corrected chi connectivity index (χ1v) is 8.41. The molecular formula is C18H26N4O2. The Balaban J connectivity index is 1.53. The molecule has 0 radical (unpaired) electrons. The van der Waals surface area contributed by atoms with E-state index in [-0.39, 0.29) is 5.41 Å². The number of hydrogen-bond acceptors (Lipinski definition) is 6. The van der Waals surface area contributed by atoms with Gasteiger partial charge in [0.1, 0.15) is 5.75 Å². The summed E-state index contributed by atoms with van der Waals surface area (Å²) in [4.78, 5) is 6.59. The van der Waals surface area contributed by atoms with Gasteiger partial charge < -0.3 is 15.0 Å². The lowest BCUT2D eigenvalue weighted by Crippen LogP contribution is -2.52. The summed E-state index contributed by atoms with van der Waals surface area (Å²) in [5.41, 5.74) is 7.66. The molecule has 1 unspecified atom stereocenters. The molecule has 1 saturated heterocycles. The van der Waals surface area contributed by atoms with Gasteiger partial charge in [-0.2, -0.15) is 4.98 Å². The summed E-state index contributed by atoms with van der Waals surface area (Å²) in [7, 11) is 0. The van der Waals surface area contributed by atoms with Crippen LogP contribution in [0.4, 0.5) is 0 Å². The van der Waals surface area contributed by atoms with Crippen molar-refractivity contribution in [1.29, 1.82) is 0 Å². The highest BCUT2D eigenvalue weighted by Crippen LogP contribution is 2.28. The highest BCUT2D eigenvalue weighted by molar-refractivity contribution is 5.27.